The van der Waals surface area contributed by atoms with Gasteiger partial charge in [0.2, 0.25) is 5.88 Å². The lowest BCUT2D eigenvalue weighted by atomic mass is 10.1. The van der Waals surface area contributed by atoms with Gasteiger partial charge in [-0.05, 0) is 50.5 Å². The fourth-order valence-corrected chi connectivity index (χ4v) is 1.79. The quantitative estimate of drug-likeness (QED) is 0.873. The lowest BCUT2D eigenvalue weighted by molar-refractivity contribution is 0.454. The van der Waals surface area contributed by atoms with Gasteiger partial charge in [-0.3, -0.25) is 0 Å². The van der Waals surface area contributed by atoms with E-state index in [1.54, 1.807) is 6.07 Å². The zero-order valence-corrected chi connectivity index (χ0v) is 11.2. The van der Waals surface area contributed by atoms with Crippen LogP contribution in [-0.2, 0) is 0 Å². The van der Waals surface area contributed by atoms with E-state index in [9.17, 15) is 0 Å². The molecule has 0 amide bonds. The Morgan fingerprint density at radius 3 is 2.28 bits per heavy atom. The van der Waals surface area contributed by atoms with E-state index < -0.39 is 0 Å². The summed E-state index contributed by atoms with van der Waals surface area (Å²) in [7, 11) is 0. The van der Waals surface area contributed by atoms with Gasteiger partial charge in [-0.25, -0.2) is 4.98 Å². The number of anilines is 1. The summed E-state index contributed by atoms with van der Waals surface area (Å²) in [5, 5.41) is 0. The van der Waals surface area contributed by atoms with Crippen LogP contribution in [-0.4, -0.2) is 4.98 Å². The van der Waals surface area contributed by atoms with Crippen LogP contribution >= 0.6 is 0 Å². The van der Waals surface area contributed by atoms with Gasteiger partial charge >= 0.3 is 0 Å². The number of nitrogen functional groups attached to an aromatic ring is 1. The summed E-state index contributed by atoms with van der Waals surface area (Å²) in [6.45, 7) is 8.04. The molecule has 94 valence electrons. The average molecular weight is 242 g/mol. The molecule has 0 atom stereocenters. The molecule has 2 rings (SSSR count). The summed E-state index contributed by atoms with van der Waals surface area (Å²) in [6.07, 6.45) is 0. The summed E-state index contributed by atoms with van der Waals surface area (Å²) in [5.74, 6) is 1.46. The van der Waals surface area contributed by atoms with E-state index in [-0.39, 0.29) is 0 Å². The van der Waals surface area contributed by atoms with Crippen LogP contribution in [0.4, 0.5) is 5.69 Å². The monoisotopic (exact) mass is 242 g/mol. The average Bonchev–Trinajstić information content (AvgIpc) is 2.34. The molecule has 18 heavy (non-hydrogen) atoms. The lowest BCUT2D eigenvalue weighted by Crippen LogP contribution is -1.98. The van der Waals surface area contributed by atoms with Crippen molar-refractivity contribution in [2.45, 2.75) is 27.7 Å². The zero-order valence-electron chi connectivity index (χ0n) is 11.2. The fourth-order valence-electron chi connectivity index (χ4n) is 1.79. The fraction of sp³-hybridized carbons (Fsp3) is 0.267. The maximum atomic E-state index is 5.89. The van der Waals surface area contributed by atoms with Gasteiger partial charge in [0.1, 0.15) is 5.75 Å². The van der Waals surface area contributed by atoms with E-state index in [1.807, 2.05) is 19.9 Å². The van der Waals surface area contributed by atoms with E-state index in [0.717, 1.165) is 22.6 Å². The lowest BCUT2D eigenvalue weighted by Gasteiger charge is -2.13. The van der Waals surface area contributed by atoms with Gasteiger partial charge < -0.3 is 10.5 Å². The Morgan fingerprint density at radius 2 is 1.61 bits per heavy atom. The molecule has 0 aliphatic carbocycles. The molecule has 0 unspecified atom stereocenters. The Hall–Kier alpha value is -2.03. The Kier molecular flexibility index (Phi) is 3.24. The van der Waals surface area contributed by atoms with Gasteiger partial charge in [0, 0.05) is 6.07 Å². The molecule has 0 saturated carbocycles. The standard InChI is InChI=1S/C15H18N2O/c1-9-5-6-10(2)15(11(9)3)18-14-8-7-13(16)12(4)17-14/h5-8H,16H2,1-4H3. The zero-order chi connectivity index (χ0) is 13.3. The van der Waals surface area contributed by atoms with E-state index >= 15 is 0 Å². The van der Waals surface area contributed by atoms with Crippen molar-refractivity contribution in [2.24, 2.45) is 0 Å². The van der Waals surface area contributed by atoms with Crippen molar-refractivity contribution in [3.8, 4) is 11.6 Å². The molecular formula is C15H18N2O. The van der Waals surface area contributed by atoms with Gasteiger partial charge in [0.25, 0.3) is 0 Å². The van der Waals surface area contributed by atoms with Crippen LogP contribution in [0.5, 0.6) is 11.6 Å². The highest BCUT2D eigenvalue weighted by molar-refractivity contribution is 5.48. The molecule has 2 aromatic rings. The van der Waals surface area contributed by atoms with Crippen LogP contribution in [0.15, 0.2) is 24.3 Å². The van der Waals surface area contributed by atoms with Crippen LogP contribution in [0.3, 0.4) is 0 Å². The van der Waals surface area contributed by atoms with Crippen LogP contribution < -0.4 is 10.5 Å². The topological polar surface area (TPSA) is 48.1 Å². The summed E-state index contributed by atoms with van der Waals surface area (Å²) in [4.78, 5) is 4.33. The molecular weight excluding hydrogens is 224 g/mol. The molecule has 0 saturated heterocycles. The van der Waals surface area contributed by atoms with Crippen LogP contribution in [0.2, 0.25) is 0 Å². The highest BCUT2D eigenvalue weighted by atomic mass is 16.5. The third-order valence-corrected chi connectivity index (χ3v) is 3.18. The molecule has 0 bridgehead atoms. The number of aryl methyl sites for hydroxylation is 3. The van der Waals surface area contributed by atoms with Crippen molar-refractivity contribution < 1.29 is 4.74 Å². The molecule has 3 nitrogen and oxygen atoms in total. The second-order valence-electron chi connectivity index (χ2n) is 4.58. The molecule has 1 aromatic heterocycles. The smallest absolute Gasteiger partial charge is 0.219 e. The number of hydrogen-bond donors (Lipinski definition) is 1. The maximum Gasteiger partial charge on any atom is 0.219 e. The van der Waals surface area contributed by atoms with Crippen molar-refractivity contribution in [3.05, 3.63) is 46.6 Å². The Morgan fingerprint density at radius 1 is 0.944 bits per heavy atom. The first kappa shape index (κ1) is 12.4. The Bertz CT molecular complexity index is 591. The van der Waals surface area contributed by atoms with Gasteiger partial charge in [-0.1, -0.05) is 12.1 Å². The first-order valence-electron chi connectivity index (χ1n) is 5.97. The van der Waals surface area contributed by atoms with E-state index in [1.165, 1.54) is 5.56 Å². The maximum absolute atomic E-state index is 5.89. The Labute approximate surface area is 108 Å². The van der Waals surface area contributed by atoms with Crippen LogP contribution in [0, 0.1) is 27.7 Å². The predicted molar refractivity (Wildman–Crippen MR) is 74.1 cm³/mol. The molecule has 1 aromatic carbocycles. The minimum Gasteiger partial charge on any atom is -0.438 e. The number of pyridine rings is 1. The number of nitrogens with zero attached hydrogens (tertiary/aromatic N) is 1. The summed E-state index contributed by atoms with van der Waals surface area (Å²) in [5.41, 5.74) is 10.7. The predicted octanol–water partition coefficient (Wildman–Crippen LogP) is 3.69. The molecule has 0 spiro atoms. The van der Waals surface area contributed by atoms with Crippen molar-refractivity contribution in [3.63, 3.8) is 0 Å². The molecule has 0 aliphatic heterocycles. The minimum atomic E-state index is 0.582. The number of hydrogen-bond acceptors (Lipinski definition) is 3. The second-order valence-corrected chi connectivity index (χ2v) is 4.58. The highest BCUT2D eigenvalue weighted by Crippen LogP contribution is 2.30. The van der Waals surface area contributed by atoms with Crippen LogP contribution in [0.1, 0.15) is 22.4 Å². The summed E-state index contributed by atoms with van der Waals surface area (Å²) >= 11 is 0. The third-order valence-electron chi connectivity index (χ3n) is 3.18. The number of aromatic nitrogens is 1. The summed E-state index contributed by atoms with van der Waals surface area (Å²) < 4.78 is 5.89. The first-order valence-corrected chi connectivity index (χ1v) is 5.97. The molecule has 0 fully saturated rings. The first-order chi connectivity index (χ1) is 8.49. The van der Waals surface area contributed by atoms with Gasteiger partial charge in [-0.2, -0.15) is 0 Å². The van der Waals surface area contributed by atoms with E-state index in [2.05, 4.69) is 31.0 Å². The van der Waals surface area contributed by atoms with Crippen molar-refractivity contribution >= 4 is 5.69 Å². The van der Waals surface area contributed by atoms with Crippen molar-refractivity contribution in [1.82, 2.24) is 4.98 Å². The van der Waals surface area contributed by atoms with Crippen LogP contribution in [0.25, 0.3) is 0 Å². The normalized spacial score (nSPS) is 10.4. The Balaban J connectivity index is 2.39. The number of nitrogens with two attached hydrogens (primary N) is 1. The highest BCUT2D eigenvalue weighted by Gasteiger charge is 2.09. The summed E-state index contributed by atoms with van der Waals surface area (Å²) in [6, 6.07) is 7.77. The third kappa shape index (κ3) is 2.30. The largest absolute Gasteiger partial charge is 0.438 e. The molecule has 0 aliphatic rings. The molecule has 1 heterocycles. The number of ether oxygens (including phenoxy) is 1. The van der Waals surface area contributed by atoms with Crippen molar-refractivity contribution in [1.29, 1.82) is 0 Å². The molecule has 0 radical (unpaired) electrons. The molecule has 3 heteroatoms. The van der Waals surface area contributed by atoms with Crippen molar-refractivity contribution in [2.75, 3.05) is 5.73 Å². The SMILES string of the molecule is Cc1ccc(C)c(Oc2ccc(N)c(C)n2)c1C. The van der Waals surface area contributed by atoms with E-state index in [4.69, 9.17) is 10.5 Å². The van der Waals surface area contributed by atoms with Gasteiger partial charge in [0.05, 0.1) is 11.4 Å². The van der Waals surface area contributed by atoms with E-state index in [0.29, 0.717) is 11.6 Å². The van der Waals surface area contributed by atoms with Gasteiger partial charge in [-0.15, -0.1) is 0 Å². The number of benzene rings is 1. The molecule has 2 N–H and O–H groups in total. The van der Waals surface area contributed by atoms with Gasteiger partial charge in [0.15, 0.2) is 0 Å². The second kappa shape index (κ2) is 4.69. The number of rotatable bonds is 2. The minimum absolute atomic E-state index is 0.582.